The molecule has 1 aliphatic carbocycles. The Bertz CT molecular complexity index is 264. The molecule has 0 spiro atoms. The molecule has 0 aromatic rings. The highest BCUT2D eigenvalue weighted by Gasteiger charge is 2.20. The summed E-state index contributed by atoms with van der Waals surface area (Å²) in [4.78, 5) is 0. The summed E-state index contributed by atoms with van der Waals surface area (Å²) in [6, 6.07) is 0.589. The van der Waals surface area contributed by atoms with Gasteiger partial charge in [0.25, 0.3) is 0 Å². The van der Waals surface area contributed by atoms with Crippen molar-refractivity contribution >= 4 is 10.0 Å². The van der Waals surface area contributed by atoms with Crippen LogP contribution in [0.3, 0.4) is 0 Å². The summed E-state index contributed by atoms with van der Waals surface area (Å²) in [5.74, 6) is 0.815. The van der Waals surface area contributed by atoms with E-state index in [1.54, 1.807) is 0 Å². The van der Waals surface area contributed by atoms with Crippen LogP contribution in [0.1, 0.15) is 26.2 Å². The van der Waals surface area contributed by atoms with E-state index in [1.165, 1.54) is 25.5 Å². The first kappa shape index (κ1) is 11.9. The van der Waals surface area contributed by atoms with Crippen LogP contribution >= 0.6 is 0 Å². The van der Waals surface area contributed by atoms with Crippen molar-refractivity contribution in [3.63, 3.8) is 0 Å². The summed E-state index contributed by atoms with van der Waals surface area (Å²) in [6.45, 7) is 3.48. The summed E-state index contributed by atoms with van der Waals surface area (Å²) in [5, 5.41) is 3.36. The summed E-state index contributed by atoms with van der Waals surface area (Å²) < 4.78 is 23.9. The second-order valence-corrected chi connectivity index (χ2v) is 6.07. The third-order valence-electron chi connectivity index (χ3n) is 2.62. The minimum Gasteiger partial charge on any atom is -0.313 e. The van der Waals surface area contributed by atoms with Gasteiger partial charge in [0.05, 0.1) is 6.26 Å². The van der Waals surface area contributed by atoms with Gasteiger partial charge in [0.15, 0.2) is 0 Å². The Labute approximate surface area is 86.5 Å². The molecule has 1 saturated carbocycles. The van der Waals surface area contributed by atoms with Crippen LogP contribution in [0, 0.1) is 5.92 Å². The molecule has 0 saturated heterocycles. The fraction of sp³-hybridized carbons (Fsp3) is 1.00. The van der Waals surface area contributed by atoms with E-state index in [9.17, 15) is 8.42 Å². The molecule has 0 bridgehead atoms. The molecule has 84 valence electrons. The zero-order valence-corrected chi connectivity index (χ0v) is 9.73. The first-order valence-electron chi connectivity index (χ1n) is 5.15. The van der Waals surface area contributed by atoms with Gasteiger partial charge in [0.1, 0.15) is 0 Å². The molecule has 0 radical (unpaired) electrons. The van der Waals surface area contributed by atoms with E-state index in [2.05, 4.69) is 17.0 Å². The normalized spacial score (nSPS) is 28.1. The van der Waals surface area contributed by atoms with Gasteiger partial charge >= 0.3 is 0 Å². The van der Waals surface area contributed by atoms with Crippen molar-refractivity contribution in [2.24, 2.45) is 5.92 Å². The maximum absolute atomic E-state index is 10.7. The smallest absolute Gasteiger partial charge is 0.208 e. The lowest BCUT2D eigenvalue weighted by Gasteiger charge is -2.11. The van der Waals surface area contributed by atoms with Crippen molar-refractivity contribution in [3.8, 4) is 0 Å². The number of nitrogens with one attached hydrogen (secondary N) is 2. The third kappa shape index (κ3) is 4.93. The minimum atomic E-state index is -3.02. The molecule has 1 rings (SSSR count). The van der Waals surface area contributed by atoms with Crippen LogP contribution in [0.5, 0.6) is 0 Å². The molecular weight excluding hydrogens is 200 g/mol. The molecule has 2 unspecified atom stereocenters. The highest BCUT2D eigenvalue weighted by molar-refractivity contribution is 7.88. The SMILES string of the molecule is CC1CCC(NCCNS(C)(=O)=O)C1. The van der Waals surface area contributed by atoms with Crippen LogP contribution in [0.2, 0.25) is 0 Å². The van der Waals surface area contributed by atoms with Gasteiger partial charge in [-0.25, -0.2) is 13.1 Å². The average molecular weight is 220 g/mol. The molecule has 4 nitrogen and oxygen atoms in total. The van der Waals surface area contributed by atoms with Crippen LogP contribution in [-0.2, 0) is 10.0 Å². The lowest BCUT2D eigenvalue weighted by Crippen LogP contribution is -2.35. The highest BCUT2D eigenvalue weighted by Crippen LogP contribution is 2.24. The summed E-state index contributed by atoms with van der Waals surface area (Å²) in [6.07, 6.45) is 4.92. The Balaban J connectivity index is 2.05. The van der Waals surface area contributed by atoms with Crippen molar-refractivity contribution in [3.05, 3.63) is 0 Å². The van der Waals surface area contributed by atoms with E-state index in [0.29, 0.717) is 12.6 Å². The summed E-state index contributed by atoms with van der Waals surface area (Å²) >= 11 is 0. The van der Waals surface area contributed by atoms with Gasteiger partial charge in [-0.3, -0.25) is 0 Å². The number of rotatable bonds is 5. The summed E-state index contributed by atoms with van der Waals surface area (Å²) in [7, 11) is -3.02. The molecule has 1 fully saturated rings. The first-order valence-corrected chi connectivity index (χ1v) is 7.04. The van der Waals surface area contributed by atoms with Crippen LogP contribution in [0.4, 0.5) is 0 Å². The quantitative estimate of drug-likeness (QED) is 0.656. The van der Waals surface area contributed by atoms with E-state index < -0.39 is 10.0 Å². The van der Waals surface area contributed by atoms with Gasteiger partial charge < -0.3 is 5.32 Å². The predicted octanol–water partition coefficient (Wildman–Crippen LogP) is 0.314. The highest BCUT2D eigenvalue weighted by atomic mass is 32.2. The Morgan fingerprint density at radius 1 is 1.29 bits per heavy atom. The Morgan fingerprint density at radius 3 is 2.50 bits per heavy atom. The van der Waals surface area contributed by atoms with Crippen LogP contribution in [0.15, 0.2) is 0 Å². The predicted molar refractivity (Wildman–Crippen MR) is 57.7 cm³/mol. The van der Waals surface area contributed by atoms with Gasteiger partial charge in [-0.05, 0) is 25.2 Å². The maximum Gasteiger partial charge on any atom is 0.208 e. The van der Waals surface area contributed by atoms with Crippen LogP contribution in [-0.4, -0.2) is 33.8 Å². The molecule has 2 atom stereocenters. The Kier molecular flexibility index (Phi) is 4.34. The molecule has 0 amide bonds. The molecular formula is C9H20N2O2S. The lowest BCUT2D eigenvalue weighted by atomic mass is 10.1. The number of sulfonamides is 1. The second-order valence-electron chi connectivity index (χ2n) is 4.24. The van der Waals surface area contributed by atoms with Gasteiger partial charge in [-0.15, -0.1) is 0 Å². The molecule has 0 heterocycles. The summed E-state index contributed by atoms with van der Waals surface area (Å²) in [5.41, 5.74) is 0. The molecule has 14 heavy (non-hydrogen) atoms. The van der Waals surface area contributed by atoms with E-state index in [0.717, 1.165) is 12.5 Å². The molecule has 2 N–H and O–H groups in total. The monoisotopic (exact) mass is 220 g/mol. The van der Waals surface area contributed by atoms with E-state index >= 15 is 0 Å². The minimum absolute atomic E-state index is 0.490. The molecule has 0 aromatic heterocycles. The van der Waals surface area contributed by atoms with Crippen LogP contribution < -0.4 is 10.0 Å². The van der Waals surface area contributed by atoms with Gasteiger partial charge in [0.2, 0.25) is 10.0 Å². The fourth-order valence-electron chi connectivity index (χ4n) is 1.91. The first-order chi connectivity index (χ1) is 6.47. The fourth-order valence-corrected chi connectivity index (χ4v) is 2.38. The zero-order valence-electron chi connectivity index (χ0n) is 8.91. The van der Waals surface area contributed by atoms with Crippen LogP contribution in [0.25, 0.3) is 0 Å². The van der Waals surface area contributed by atoms with E-state index in [-0.39, 0.29) is 0 Å². The molecule has 1 aliphatic rings. The third-order valence-corrected chi connectivity index (χ3v) is 3.35. The second kappa shape index (κ2) is 5.09. The average Bonchev–Trinajstić information content (AvgIpc) is 2.44. The van der Waals surface area contributed by atoms with Gasteiger partial charge in [-0.1, -0.05) is 6.92 Å². The van der Waals surface area contributed by atoms with Crippen molar-refractivity contribution < 1.29 is 8.42 Å². The maximum atomic E-state index is 10.7. The van der Waals surface area contributed by atoms with E-state index in [4.69, 9.17) is 0 Å². The van der Waals surface area contributed by atoms with Gasteiger partial charge in [0, 0.05) is 19.1 Å². The lowest BCUT2D eigenvalue weighted by molar-refractivity contribution is 0.502. The topological polar surface area (TPSA) is 58.2 Å². The molecule has 0 aliphatic heterocycles. The van der Waals surface area contributed by atoms with Crippen molar-refractivity contribution in [2.45, 2.75) is 32.2 Å². The van der Waals surface area contributed by atoms with Gasteiger partial charge in [-0.2, -0.15) is 0 Å². The zero-order chi connectivity index (χ0) is 10.6. The Hall–Kier alpha value is -0.130. The number of hydrogen-bond acceptors (Lipinski definition) is 3. The van der Waals surface area contributed by atoms with Crippen molar-refractivity contribution in [2.75, 3.05) is 19.3 Å². The molecule has 5 heteroatoms. The number of hydrogen-bond donors (Lipinski definition) is 2. The van der Waals surface area contributed by atoms with Crippen molar-refractivity contribution in [1.82, 2.24) is 10.0 Å². The largest absolute Gasteiger partial charge is 0.313 e. The standard InChI is InChI=1S/C9H20N2O2S/c1-8-3-4-9(7-8)10-5-6-11-14(2,12)13/h8-11H,3-7H2,1-2H3. The van der Waals surface area contributed by atoms with Crippen molar-refractivity contribution in [1.29, 1.82) is 0 Å². The van der Waals surface area contributed by atoms with E-state index in [1.807, 2.05) is 0 Å². The Morgan fingerprint density at radius 2 is 2.00 bits per heavy atom. The molecule has 0 aromatic carbocycles.